The fourth-order valence-corrected chi connectivity index (χ4v) is 2.61. The Balaban J connectivity index is 1.79. The van der Waals surface area contributed by atoms with Crippen molar-refractivity contribution in [2.75, 3.05) is 26.7 Å². The predicted molar refractivity (Wildman–Crippen MR) is 73.4 cm³/mol. The molecule has 0 aromatic heterocycles. The summed E-state index contributed by atoms with van der Waals surface area (Å²) in [7, 11) is 2.20. The van der Waals surface area contributed by atoms with Crippen molar-refractivity contribution >= 4 is 11.6 Å². The molecule has 94 valence electrons. The molecule has 2 nitrogen and oxygen atoms in total. The molecule has 1 fully saturated rings. The van der Waals surface area contributed by atoms with Crippen molar-refractivity contribution in [3.63, 3.8) is 0 Å². The van der Waals surface area contributed by atoms with Crippen LogP contribution in [0.5, 0.6) is 0 Å². The monoisotopic (exact) mass is 252 g/mol. The third kappa shape index (κ3) is 4.30. The molecule has 2 rings (SSSR count). The zero-order valence-corrected chi connectivity index (χ0v) is 11.2. The Labute approximate surface area is 109 Å². The van der Waals surface area contributed by atoms with Gasteiger partial charge in [0.05, 0.1) is 0 Å². The lowest BCUT2D eigenvalue weighted by Crippen LogP contribution is -2.36. The van der Waals surface area contributed by atoms with Crippen LogP contribution < -0.4 is 5.32 Å². The zero-order valence-electron chi connectivity index (χ0n) is 10.5. The average Bonchev–Trinajstić information content (AvgIpc) is 2.33. The van der Waals surface area contributed by atoms with Crippen molar-refractivity contribution in [2.24, 2.45) is 5.92 Å². The van der Waals surface area contributed by atoms with Crippen LogP contribution in [0.2, 0.25) is 5.02 Å². The van der Waals surface area contributed by atoms with E-state index in [4.69, 9.17) is 11.6 Å². The number of piperidine rings is 1. The number of hydrogen-bond acceptors (Lipinski definition) is 2. The lowest BCUT2D eigenvalue weighted by atomic mass is 9.99. The molecular weight excluding hydrogens is 232 g/mol. The van der Waals surface area contributed by atoms with E-state index in [1.165, 1.54) is 38.0 Å². The molecule has 1 aliphatic heterocycles. The first-order valence-corrected chi connectivity index (χ1v) is 6.75. The van der Waals surface area contributed by atoms with Crippen molar-refractivity contribution in [1.29, 1.82) is 0 Å². The maximum atomic E-state index is 5.88. The summed E-state index contributed by atoms with van der Waals surface area (Å²) >= 11 is 5.88. The highest BCUT2D eigenvalue weighted by molar-refractivity contribution is 6.30. The van der Waals surface area contributed by atoms with Gasteiger partial charge in [0.25, 0.3) is 0 Å². The van der Waals surface area contributed by atoms with Crippen LogP contribution in [0, 0.1) is 5.92 Å². The van der Waals surface area contributed by atoms with Crippen LogP contribution in [0.1, 0.15) is 18.4 Å². The molecule has 0 aliphatic carbocycles. The van der Waals surface area contributed by atoms with Gasteiger partial charge >= 0.3 is 0 Å². The van der Waals surface area contributed by atoms with Gasteiger partial charge < -0.3 is 10.2 Å². The number of nitrogens with one attached hydrogen (secondary N) is 1. The van der Waals surface area contributed by atoms with E-state index in [0.29, 0.717) is 0 Å². The lowest BCUT2D eigenvalue weighted by Gasteiger charge is -2.27. The number of rotatable bonds is 4. The largest absolute Gasteiger partial charge is 0.316 e. The Morgan fingerprint density at radius 3 is 2.76 bits per heavy atom. The molecule has 1 N–H and O–H groups in total. The van der Waals surface area contributed by atoms with Crippen molar-refractivity contribution < 1.29 is 0 Å². The minimum Gasteiger partial charge on any atom is -0.316 e. The molecule has 0 radical (unpaired) electrons. The molecule has 17 heavy (non-hydrogen) atoms. The third-order valence-electron chi connectivity index (χ3n) is 3.33. The van der Waals surface area contributed by atoms with Crippen LogP contribution in [-0.2, 0) is 6.54 Å². The van der Waals surface area contributed by atoms with Crippen molar-refractivity contribution in [1.82, 2.24) is 10.2 Å². The second kappa shape index (κ2) is 6.39. The summed E-state index contributed by atoms with van der Waals surface area (Å²) < 4.78 is 0. The van der Waals surface area contributed by atoms with Crippen LogP contribution in [0.4, 0.5) is 0 Å². The van der Waals surface area contributed by atoms with Gasteiger partial charge in [0.15, 0.2) is 0 Å². The molecule has 0 unspecified atom stereocenters. The minimum absolute atomic E-state index is 0.807. The molecule has 1 saturated heterocycles. The SMILES string of the molecule is CN(Cc1ccc(Cl)cc1)C[C@H]1CCCNC1. The molecule has 0 bridgehead atoms. The fraction of sp³-hybridized carbons (Fsp3) is 0.571. The maximum Gasteiger partial charge on any atom is 0.0406 e. The lowest BCUT2D eigenvalue weighted by molar-refractivity contribution is 0.237. The number of halogens is 1. The first kappa shape index (κ1) is 12.9. The van der Waals surface area contributed by atoms with Gasteiger partial charge in [0, 0.05) is 18.1 Å². The Kier molecular flexibility index (Phi) is 4.84. The number of hydrogen-bond donors (Lipinski definition) is 1. The highest BCUT2D eigenvalue weighted by atomic mass is 35.5. The molecule has 3 heteroatoms. The highest BCUT2D eigenvalue weighted by Crippen LogP contribution is 2.14. The normalized spacial score (nSPS) is 20.8. The van der Waals surface area contributed by atoms with E-state index < -0.39 is 0 Å². The first-order valence-electron chi connectivity index (χ1n) is 6.38. The maximum absolute atomic E-state index is 5.88. The van der Waals surface area contributed by atoms with Gasteiger partial charge in [-0.3, -0.25) is 0 Å². The highest BCUT2D eigenvalue weighted by Gasteiger charge is 2.14. The zero-order chi connectivity index (χ0) is 12.1. The summed E-state index contributed by atoms with van der Waals surface area (Å²) in [6, 6.07) is 8.15. The molecule has 0 amide bonds. The second-order valence-corrected chi connectivity index (χ2v) is 5.47. The topological polar surface area (TPSA) is 15.3 Å². The fourth-order valence-electron chi connectivity index (χ4n) is 2.49. The van der Waals surface area contributed by atoms with E-state index in [0.717, 1.165) is 17.5 Å². The smallest absolute Gasteiger partial charge is 0.0406 e. The van der Waals surface area contributed by atoms with Crippen LogP contribution in [0.3, 0.4) is 0 Å². The van der Waals surface area contributed by atoms with E-state index in [-0.39, 0.29) is 0 Å². The Hall–Kier alpha value is -0.570. The van der Waals surface area contributed by atoms with Crippen LogP contribution in [0.15, 0.2) is 24.3 Å². The number of nitrogens with zero attached hydrogens (tertiary/aromatic N) is 1. The first-order chi connectivity index (χ1) is 8.24. The summed E-state index contributed by atoms with van der Waals surface area (Å²) in [5, 5.41) is 4.28. The molecule has 1 aliphatic rings. The molecule has 1 atom stereocenters. The summed E-state index contributed by atoms with van der Waals surface area (Å²) in [4.78, 5) is 2.40. The molecule has 0 spiro atoms. The van der Waals surface area contributed by atoms with Gasteiger partial charge in [-0.05, 0) is 56.6 Å². The van der Waals surface area contributed by atoms with Crippen molar-refractivity contribution in [3.8, 4) is 0 Å². The molecule has 1 aromatic carbocycles. The second-order valence-electron chi connectivity index (χ2n) is 5.04. The van der Waals surface area contributed by atoms with Crippen LogP contribution in [0.25, 0.3) is 0 Å². The van der Waals surface area contributed by atoms with Gasteiger partial charge in [-0.25, -0.2) is 0 Å². The molecule has 1 aromatic rings. The van der Waals surface area contributed by atoms with Gasteiger partial charge in [-0.15, -0.1) is 0 Å². The van der Waals surface area contributed by atoms with Crippen LogP contribution in [-0.4, -0.2) is 31.6 Å². The molecule has 1 heterocycles. The summed E-state index contributed by atoms with van der Waals surface area (Å²) in [5.41, 5.74) is 1.33. The van der Waals surface area contributed by atoms with E-state index >= 15 is 0 Å². The van der Waals surface area contributed by atoms with Crippen molar-refractivity contribution in [2.45, 2.75) is 19.4 Å². The van der Waals surface area contributed by atoms with Gasteiger partial charge in [0.1, 0.15) is 0 Å². The van der Waals surface area contributed by atoms with E-state index in [1.807, 2.05) is 12.1 Å². The van der Waals surface area contributed by atoms with Crippen LogP contribution >= 0.6 is 11.6 Å². The third-order valence-corrected chi connectivity index (χ3v) is 3.59. The van der Waals surface area contributed by atoms with E-state index in [2.05, 4.69) is 29.4 Å². The number of benzene rings is 1. The standard InChI is InChI=1S/C14H21ClN2/c1-17(11-13-3-2-8-16-9-13)10-12-4-6-14(15)7-5-12/h4-7,13,16H,2-3,8-11H2,1H3/t13-/m0/s1. The average molecular weight is 253 g/mol. The summed E-state index contributed by atoms with van der Waals surface area (Å²) in [6.07, 6.45) is 2.68. The molecular formula is C14H21ClN2. The van der Waals surface area contributed by atoms with Gasteiger partial charge in [0.2, 0.25) is 0 Å². The van der Waals surface area contributed by atoms with Gasteiger partial charge in [-0.2, -0.15) is 0 Å². The quantitative estimate of drug-likeness (QED) is 0.887. The molecule has 0 saturated carbocycles. The predicted octanol–water partition coefficient (Wildman–Crippen LogP) is 2.77. The minimum atomic E-state index is 0.807. The van der Waals surface area contributed by atoms with E-state index in [9.17, 15) is 0 Å². The Morgan fingerprint density at radius 2 is 2.12 bits per heavy atom. The summed E-state index contributed by atoms with van der Waals surface area (Å²) in [5.74, 6) is 0.807. The Morgan fingerprint density at radius 1 is 1.35 bits per heavy atom. The Bertz CT molecular complexity index is 331. The van der Waals surface area contributed by atoms with E-state index in [1.54, 1.807) is 0 Å². The van der Waals surface area contributed by atoms with Gasteiger partial charge in [-0.1, -0.05) is 23.7 Å². The van der Waals surface area contributed by atoms with Crippen molar-refractivity contribution in [3.05, 3.63) is 34.9 Å². The summed E-state index contributed by atoms with van der Waals surface area (Å²) in [6.45, 7) is 4.55.